The third kappa shape index (κ3) is 4.53. The maximum absolute atomic E-state index is 11.5. The van der Waals surface area contributed by atoms with E-state index in [-0.39, 0.29) is 11.2 Å². The third-order valence-electron chi connectivity index (χ3n) is 2.13. The zero-order valence-electron chi connectivity index (χ0n) is 9.48. The second kappa shape index (κ2) is 7.12. The molecule has 1 unspecified atom stereocenters. The summed E-state index contributed by atoms with van der Waals surface area (Å²) < 4.78 is 0. The first kappa shape index (κ1) is 12.8. The summed E-state index contributed by atoms with van der Waals surface area (Å²) >= 11 is 1.64. The first-order valence-corrected chi connectivity index (χ1v) is 6.33. The van der Waals surface area contributed by atoms with Crippen LogP contribution < -0.4 is 5.32 Å². The molecule has 2 nitrogen and oxygen atoms in total. The summed E-state index contributed by atoms with van der Waals surface area (Å²) in [6, 6.07) is 10.2. The van der Waals surface area contributed by atoms with E-state index in [4.69, 9.17) is 0 Å². The Hall–Kier alpha value is -1.22. The zero-order chi connectivity index (χ0) is 11.8. The van der Waals surface area contributed by atoms with Crippen LogP contribution in [0.3, 0.4) is 0 Å². The summed E-state index contributed by atoms with van der Waals surface area (Å²) in [5.41, 5.74) is 1.25. The number of hydrogen-bond donors (Lipinski definition) is 1. The average Bonchev–Trinajstić information content (AvgIpc) is 2.34. The summed E-state index contributed by atoms with van der Waals surface area (Å²) in [4.78, 5) is 11.5. The van der Waals surface area contributed by atoms with Gasteiger partial charge >= 0.3 is 0 Å². The third-order valence-corrected chi connectivity index (χ3v) is 3.35. The second-order valence-electron chi connectivity index (χ2n) is 3.47. The summed E-state index contributed by atoms with van der Waals surface area (Å²) in [7, 11) is 0. The topological polar surface area (TPSA) is 29.1 Å². The summed E-state index contributed by atoms with van der Waals surface area (Å²) in [6.07, 6.45) is 1.69. The molecule has 0 heterocycles. The lowest BCUT2D eigenvalue weighted by Gasteiger charge is -2.10. The lowest BCUT2D eigenvalue weighted by atomic mass is 10.2. The molecule has 1 aromatic rings. The van der Waals surface area contributed by atoms with Crippen molar-refractivity contribution in [2.24, 2.45) is 0 Å². The van der Waals surface area contributed by atoms with Crippen LogP contribution in [0, 0.1) is 0 Å². The monoisotopic (exact) mass is 235 g/mol. The maximum atomic E-state index is 11.5. The van der Waals surface area contributed by atoms with Gasteiger partial charge in [-0.15, -0.1) is 18.3 Å². The largest absolute Gasteiger partial charge is 0.352 e. The minimum Gasteiger partial charge on any atom is -0.352 e. The van der Waals surface area contributed by atoms with E-state index < -0.39 is 0 Å². The van der Waals surface area contributed by atoms with Crippen LogP contribution in [0.1, 0.15) is 12.5 Å². The molecular weight excluding hydrogens is 218 g/mol. The first-order valence-electron chi connectivity index (χ1n) is 5.28. The zero-order valence-corrected chi connectivity index (χ0v) is 10.3. The molecule has 1 rings (SSSR count). The van der Waals surface area contributed by atoms with Gasteiger partial charge < -0.3 is 5.32 Å². The normalized spacial score (nSPS) is 11.8. The van der Waals surface area contributed by atoms with Gasteiger partial charge in [-0.1, -0.05) is 36.4 Å². The Labute approximate surface area is 101 Å². The van der Waals surface area contributed by atoms with Crippen LogP contribution in [-0.4, -0.2) is 17.7 Å². The first-order chi connectivity index (χ1) is 7.74. The molecule has 0 fully saturated rings. The van der Waals surface area contributed by atoms with Crippen molar-refractivity contribution in [1.82, 2.24) is 5.32 Å². The van der Waals surface area contributed by atoms with Crippen LogP contribution in [0.4, 0.5) is 0 Å². The molecule has 0 saturated carbocycles. The van der Waals surface area contributed by atoms with E-state index in [9.17, 15) is 4.79 Å². The summed E-state index contributed by atoms with van der Waals surface area (Å²) in [6.45, 7) is 6.02. The fourth-order valence-electron chi connectivity index (χ4n) is 1.19. The fourth-order valence-corrected chi connectivity index (χ4v) is 2.06. The Morgan fingerprint density at radius 3 is 2.81 bits per heavy atom. The van der Waals surface area contributed by atoms with Crippen molar-refractivity contribution < 1.29 is 4.79 Å². The molecule has 0 spiro atoms. The molecule has 0 aliphatic heterocycles. The van der Waals surface area contributed by atoms with Crippen molar-refractivity contribution in [2.45, 2.75) is 17.9 Å². The van der Waals surface area contributed by atoms with E-state index in [2.05, 4.69) is 24.0 Å². The summed E-state index contributed by atoms with van der Waals surface area (Å²) in [5.74, 6) is 0.935. The number of carbonyl (C=O) groups excluding carboxylic acids is 1. The molecule has 0 aliphatic carbocycles. The van der Waals surface area contributed by atoms with Gasteiger partial charge in [-0.2, -0.15) is 0 Å². The number of nitrogens with one attached hydrogen (secondary N) is 1. The van der Waals surface area contributed by atoms with E-state index in [1.165, 1.54) is 5.56 Å². The molecule has 86 valence electrons. The van der Waals surface area contributed by atoms with E-state index in [0.29, 0.717) is 6.54 Å². The SMILES string of the molecule is C=CCNC(=O)C(C)SCc1ccccc1. The number of carbonyl (C=O) groups is 1. The van der Waals surface area contributed by atoms with Crippen molar-refractivity contribution in [3.63, 3.8) is 0 Å². The molecule has 0 saturated heterocycles. The van der Waals surface area contributed by atoms with Crippen molar-refractivity contribution in [3.8, 4) is 0 Å². The van der Waals surface area contributed by atoms with Crippen LogP contribution in [-0.2, 0) is 10.5 Å². The standard InChI is InChI=1S/C13H17NOS/c1-3-9-14-13(15)11(2)16-10-12-7-5-4-6-8-12/h3-8,11H,1,9-10H2,2H3,(H,14,15). The Balaban J connectivity index is 2.32. The van der Waals surface area contributed by atoms with Gasteiger partial charge in [-0.3, -0.25) is 4.79 Å². The van der Waals surface area contributed by atoms with Gasteiger partial charge in [0.15, 0.2) is 0 Å². The van der Waals surface area contributed by atoms with Crippen LogP contribution in [0.2, 0.25) is 0 Å². The van der Waals surface area contributed by atoms with Gasteiger partial charge in [0.1, 0.15) is 0 Å². The highest BCUT2D eigenvalue weighted by atomic mass is 32.2. The van der Waals surface area contributed by atoms with Gasteiger partial charge in [0.05, 0.1) is 5.25 Å². The van der Waals surface area contributed by atoms with E-state index in [1.54, 1.807) is 17.8 Å². The van der Waals surface area contributed by atoms with Gasteiger partial charge in [0.2, 0.25) is 5.91 Å². The van der Waals surface area contributed by atoms with Crippen molar-refractivity contribution in [2.75, 3.05) is 6.54 Å². The molecule has 3 heteroatoms. The number of amides is 1. The Morgan fingerprint density at radius 1 is 1.50 bits per heavy atom. The molecule has 0 bridgehead atoms. The molecule has 0 aromatic heterocycles. The van der Waals surface area contributed by atoms with Gasteiger partial charge in [-0.05, 0) is 12.5 Å². The lowest BCUT2D eigenvalue weighted by Crippen LogP contribution is -2.30. The number of thioether (sulfide) groups is 1. The lowest BCUT2D eigenvalue weighted by molar-refractivity contribution is -0.120. The van der Waals surface area contributed by atoms with Crippen LogP contribution in [0.15, 0.2) is 43.0 Å². The van der Waals surface area contributed by atoms with Crippen molar-refractivity contribution in [1.29, 1.82) is 0 Å². The molecular formula is C13H17NOS. The Bertz CT molecular complexity index is 337. The van der Waals surface area contributed by atoms with Gasteiger partial charge in [0.25, 0.3) is 0 Å². The second-order valence-corrected chi connectivity index (χ2v) is 4.80. The average molecular weight is 235 g/mol. The highest BCUT2D eigenvalue weighted by molar-refractivity contribution is 7.99. The van der Waals surface area contributed by atoms with Crippen LogP contribution >= 0.6 is 11.8 Å². The fraction of sp³-hybridized carbons (Fsp3) is 0.308. The van der Waals surface area contributed by atoms with E-state index in [0.717, 1.165) is 5.75 Å². The molecule has 1 aromatic carbocycles. The van der Waals surface area contributed by atoms with Crippen LogP contribution in [0.25, 0.3) is 0 Å². The minimum absolute atomic E-state index is 0.0276. The molecule has 1 atom stereocenters. The molecule has 1 amide bonds. The van der Waals surface area contributed by atoms with Crippen molar-refractivity contribution >= 4 is 17.7 Å². The predicted molar refractivity (Wildman–Crippen MR) is 70.4 cm³/mol. The van der Waals surface area contributed by atoms with Gasteiger partial charge in [-0.25, -0.2) is 0 Å². The van der Waals surface area contributed by atoms with E-state index >= 15 is 0 Å². The molecule has 0 aliphatic rings. The number of rotatable bonds is 6. The highest BCUT2D eigenvalue weighted by Gasteiger charge is 2.11. The Kier molecular flexibility index (Phi) is 5.72. The quantitative estimate of drug-likeness (QED) is 0.768. The molecule has 16 heavy (non-hydrogen) atoms. The smallest absolute Gasteiger partial charge is 0.233 e. The van der Waals surface area contributed by atoms with Gasteiger partial charge in [0, 0.05) is 12.3 Å². The molecule has 1 N–H and O–H groups in total. The van der Waals surface area contributed by atoms with Crippen LogP contribution in [0.5, 0.6) is 0 Å². The minimum atomic E-state index is -0.0276. The summed E-state index contributed by atoms with van der Waals surface area (Å²) in [5, 5.41) is 2.76. The maximum Gasteiger partial charge on any atom is 0.233 e. The molecule has 0 radical (unpaired) electrons. The Morgan fingerprint density at radius 2 is 2.19 bits per heavy atom. The number of hydrogen-bond acceptors (Lipinski definition) is 2. The van der Waals surface area contributed by atoms with E-state index in [1.807, 2.05) is 25.1 Å². The van der Waals surface area contributed by atoms with Crippen molar-refractivity contribution in [3.05, 3.63) is 48.6 Å². The highest BCUT2D eigenvalue weighted by Crippen LogP contribution is 2.17. The predicted octanol–water partition coefficient (Wildman–Crippen LogP) is 2.61. The number of benzene rings is 1.